The third kappa shape index (κ3) is 2.39. The Kier molecular flexibility index (Phi) is 3.11. The van der Waals surface area contributed by atoms with E-state index in [1.54, 1.807) is 11.2 Å². The maximum atomic E-state index is 11.7. The summed E-state index contributed by atoms with van der Waals surface area (Å²) in [5, 5.41) is 7.78. The first-order valence-corrected chi connectivity index (χ1v) is 8.22. The van der Waals surface area contributed by atoms with Crippen LogP contribution < -0.4 is 0 Å². The van der Waals surface area contributed by atoms with Crippen LogP contribution in [-0.4, -0.2) is 47.9 Å². The Morgan fingerprint density at radius 2 is 2.05 bits per heavy atom. The zero-order valence-corrected chi connectivity index (χ0v) is 11.8. The fourth-order valence-corrected chi connectivity index (χ4v) is 4.09. The van der Waals surface area contributed by atoms with E-state index in [2.05, 4.69) is 10.2 Å². The normalized spacial score (nSPS) is 32.4. The summed E-state index contributed by atoms with van der Waals surface area (Å²) in [6.45, 7) is 2.27. The molecule has 0 amide bonds. The molecule has 0 bridgehead atoms. The standard InChI is InChI=1S/C11H17N3O4S/c1-7-12-13-11(17-7)10-4-3-8-9(18-10)5-6-14(8)19(2,15)16/h8-10H,3-6H2,1-2H3/t8-,9-,10-/m0/s1. The van der Waals surface area contributed by atoms with E-state index in [1.807, 2.05) is 0 Å². The number of aryl methyl sites for hydroxylation is 1. The minimum atomic E-state index is -3.15. The van der Waals surface area contributed by atoms with Gasteiger partial charge in [-0.25, -0.2) is 8.42 Å². The maximum absolute atomic E-state index is 11.7. The quantitative estimate of drug-likeness (QED) is 0.793. The highest BCUT2D eigenvalue weighted by Gasteiger charge is 2.44. The molecule has 3 rings (SSSR count). The van der Waals surface area contributed by atoms with Crippen molar-refractivity contribution in [2.75, 3.05) is 12.8 Å². The van der Waals surface area contributed by atoms with Crippen LogP contribution in [-0.2, 0) is 14.8 Å². The predicted molar refractivity (Wildman–Crippen MR) is 65.8 cm³/mol. The van der Waals surface area contributed by atoms with Crippen molar-refractivity contribution in [2.45, 2.75) is 44.4 Å². The molecule has 106 valence electrons. The van der Waals surface area contributed by atoms with Gasteiger partial charge in [-0.1, -0.05) is 0 Å². The van der Waals surface area contributed by atoms with Crippen LogP contribution in [0.4, 0.5) is 0 Å². The molecule has 19 heavy (non-hydrogen) atoms. The summed E-state index contributed by atoms with van der Waals surface area (Å²) >= 11 is 0. The van der Waals surface area contributed by atoms with Crippen LogP contribution in [0.1, 0.15) is 37.1 Å². The highest BCUT2D eigenvalue weighted by molar-refractivity contribution is 7.88. The summed E-state index contributed by atoms with van der Waals surface area (Å²) in [5.74, 6) is 1.01. The first-order chi connectivity index (χ1) is 8.95. The SMILES string of the molecule is Cc1nnc([C@@H]2CC[C@H]3[C@H](CCN3S(C)(=O)=O)O2)o1. The summed E-state index contributed by atoms with van der Waals surface area (Å²) < 4.78 is 36.2. The van der Waals surface area contributed by atoms with Crippen LogP contribution in [0.3, 0.4) is 0 Å². The predicted octanol–water partition coefficient (Wildman–Crippen LogP) is 0.632. The lowest BCUT2D eigenvalue weighted by Crippen LogP contribution is -2.42. The van der Waals surface area contributed by atoms with Gasteiger partial charge in [0.2, 0.25) is 21.8 Å². The number of fused-ring (bicyclic) bond motifs is 1. The van der Waals surface area contributed by atoms with Crippen LogP contribution in [0.15, 0.2) is 4.42 Å². The third-order valence-electron chi connectivity index (χ3n) is 3.74. The lowest BCUT2D eigenvalue weighted by atomic mass is 10.00. The second-order valence-corrected chi connectivity index (χ2v) is 7.06. The molecule has 0 saturated carbocycles. The zero-order valence-electron chi connectivity index (χ0n) is 10.9. The number of hydrogen-bond donors (Lipinski definition) is 0. The van der Waals surface area contributed by atoms with E-state index in [-0.39, 0.29) is 18.2 Å². The Morgan fingerprint density at radius 3 is 2.68 bits per heavy atom. The molecular formula is C11H17N3O4S. The van der Waals surface area contributed by atoms with E-state index in [0.29, 0.717) is 24.7 Å². The fourth-order valence-electron chi connectivity index (χ4n) is 2.92. The Bertz CT molecular complexity index is 570. The first kappa shape index (κ1) is 13.0. The summed E-state index contributed by atoms with van der Waals surface area (Å²) in [6, 6.07) is -0.0460. The molecule has 2 fully saturated rings. The van der Waals surface area contributed by atoms with Crippen LogP contribution in [0.2, 0.25) is 0 Å². The number of nitrogens with zero attached hydrogens (tertiary/aromatic N) is 3. The number of rotatable bonds is 2. The molecule has 2 aliphatic rings. The van der Waals surface area contributed by atoms with Gasteiger partial charge in [-0.2, -0.15) is 4.31 Å². The van der Waals surface area contributed by atoms with Crippen LogP contribution in [0, 0.1) is 6.92 Å². The number of aromatic nitrogens is 2. The minimum absolute atomic E-state index is 0.0460. The van der Waals surface area contributed by atoms with Gasteiger partial charge >= 0.3 is 0 Å². The van der Waals surface area contributed by atoms with Crippen molar-refractivity contribution in [1.82, 2.24) is 14.5 Å². The van der Waals surface area contributed by atoms with E-state index in [1.165, 1.54) is 6.26 Å². The number of hydrogen-bond acceptors (Lipinski definition) is 6. The molecule has 7 nitrogen and oxygen atoms in total. The van der Waals surface area contributed by atoms with Crippen molar-refractivity contribution in [3.05, 3.63) is 11.8 Å². The van der Waals surface area contributed by atoms with E-state index >= 15 is 0 Å². The Labute approximate surface area is 112 Å². The first-order valence-electron chi connectivity index (χ1n) is 6.37. The van der Waals surface area contributed by atoms with Gasteiger partial charge in [-0.05, 0) is 19.3 Å². The molecule has 1 aromatic rings. The average molecular weight is 287 g/mol. The van der Waals surface area contributed by atoms with Gasteiger partial charge in [0.25, 0.3) is 0 Å². The minimum Gasteiger partial charge on any atom is -0.423 e. The van der Waals surface area contributed by atoms with Gasteiger partial charge in [0.15, 0.2) is 0 Å². The highest BCUT2D eigenvalue weighted by atomic mass is 32.2. The Balaban J connectivity index is 1.74. The second kappa shape index (κ2) is 4.53. The van der Waals surface area contributed by atoms with E-state index in [0.717, 1.165) is 12.8 Å². The molecule has 0 aromatic carbocycles. The molecule has 0 N–H and O–H groups in total. The molecule has 8 heteroatoms. The van der Waals surface area contributed by atoms with Gasteiger partial charge in [-0.3, -0.25) is 0 Å². The van der Waals surface area contributed by atoms with Gasteiger partial charge in [-0.15, -0.1) is 10.2 Å². The van der Waals surface area contributed by atoms with Crippen molar-refractivity contribution >= 4 is 10.0 Å². The van der Waals surface area contributed by atoms with Gasteiger partial charge in [0, 0.05) is 13.5 Å². The molecule has 0 aliphatic carbocycles. The van der Waals surface area contributed by atoms with Crippen molar-refractivity contribution in [2.24, 2.45) is 0 Å². The topological polar surface area (TPSA) is 85.5 Å². The Hall–Kier alpha value is -0.990. The third-order valence-corrected chi connectivity index (χ3v) is 5.05. The lowest BCUT2D eigenvalue weighted by Gasteiger charge is -2.33. The van der Waals surface area contributed by atoms with Gasteiger partial charge < -0.3 is 9.15 Å². The molecule has 0 spiro atoms. The van der Waals surface area contributed by atoms with Crippen molar-refractivity contribution in [3.8, 4) is 0 Å². The van der Waals surface area contributed by atoms with Gasteiger partial charge in [0.1, 0.15) is 6.10 Å². The molecule has 3 atom stereocenters. The van der Waals surface area contributed by atoms with E-state index in [4.69, 9.17) is 9.15 Å². The summed E-state index contributed by atoms with van der Waals surface area (Å²) in [6.07, 6.45) is 3.17. The summed E-state index contributed by atoms with van der Waals surface area (Å²) in [5.41, 5.74) is 0. The highest BCUT2D eigenvalue weighted by Crippen LogP contribution is 2.38. The Morgan fingerprint density at radius 1 is 1.26 bits per heavy atom. The average Bonchev–Trinajstić information content (AvgIpc) is 2.92. The second-order valence-electron chi connectivity index (χ2n) is 5.13. The van der Waals surface area contributed by atoms with E-state index in [9.17, 15) is 8.42 Å². The van der Waals surface area contributed by atoms with Crippen molar-refractivity contribution in [1.29, 1.82) is 0 Å². The maximum Gasteiger partial charge on any atom is 0.245 e. The van der Waals surface area contributed by atoms with Crippen molar-refractivity contribution in [3.63, 3.8) is 0 Å². The van der Waals surface area contributed by atoms with E-state index < -0.39 is 10.0 Å². The molecule has 2 aliphatic heterocycles. The number of sulfonamides is 1. The molecule has 0 radical (unpaired) electrons. The molecule has 2 saturated heterocycles. The summed E-state index contributed by atoms with van der Waals surface area (Å²) in [4.78, 5) is 0. The fraction of sp³-hybridized carbons (Fsp3) is 0.818. The lowest BCUT2D eigenvalue weighted by molar-refractivity contribution is -0.0738. The van der Waals surface area contributed by atoms with Gasteiger partial charge in [0.05, 0.1) is 18.4 Å². The van der Waals surface area contributed by atoms with Crippen LogP contribution in [0.5, 0.6) is 0 Å². The summed E-state index contributed by atoms with van der Waals surface area (Å²) in [7, 11) is -3.15. The smallest absolute Gasteiger partial charge is 0.245 e. The van der Waals surface area contributed by atoms with Crippen LogP contribution >= 0.6 is 0 Å². The van der Waals surface area contributed by atoms with Crippen molar-refractivity contribution < 1.29 is 17.6 Å². The molecule has 3 heterocycles. The molecule has 1 aromatic heterocycles. The number of ether oxygens (including phenoxy) is 1. The molecular weight excluding hydrogens is 270 g/mol. The zero-order chi connectivity index (χ0) is 13.6. The molecule has 0 unspecified atom stereocenters. The monoisotopic (exact) mass is 287 g/mol. The van der Waals surface area contributed by atoms with Crippen LogP contribution in [0.25, 0.3) is 0 Å². The largest absolute Gasteiger partial charge is 0.423 e.